The molecular formula is C12H14ClN3OS3. The van der Waals surface area contributed by atoms with Crippen LogP contribution in [0.25, 0.3) is 0 Å². The first-order chi connectivity index (χ1) is 9.60. The van der Waals surface area contributed by atoms with Gasteiger partial charge < -0.3 is 4.72 Å². The number of aromatic nitrogens is 1. The summed E-state index contributed by atoms with van der Waals surface area (Å²) < 4.78 is 17.3. The van der Waals surface area contributed by atoms with Crippen molar-refractivity contribution >= 4 is 51.0 Å². The van der Waals surface area contributed by atoms with Gasteiger partial charge in [-0.3, -0.25) is 0 Å². The van der Waals surface area contributed by atoms with Gasteiger partial charge in [0.1, 0.15) is 0 Å². The minimum absolute atomic E-state index is 0.412. The van der Waals surface area contributed by atoms with E-state index in [-0.39, 0.29) is 0 Å². The molecule has 0 saturated carbocycles. The van der Waals surface area contributed by atoms with Gasteiger partial charge in [-0.2, -0.15) is 0 Å². The molecule has 1 aromatic heterocycles. The molecule has 0 aliphatic heterocycles. The van der Waals surface area contributed by atoms with Gasteiger partial charge in [-0.05, 0) is 43.6 Å². The highest BCUT2D eigenvalue weighted by Gasteiger charge is 2.07. The Morgan fingerprint density at radius 1 is 1.50 bits per heavy atom. The molecule has 8 heteroatoms. The van der Waals surface area contributed by atoms with Crippen molar-refractivity contribution in [3.05, 3.63) is 39.9 Å². The quantitative estimate of drug-likeness (QED) is 0.784. The van der Waals surface area contributed by atoms with Crippen LogP contribution in [0.15, 0.2) is 28.5 Å². The van der Waals surface area contributed by atoms with E-state index in [1.54, 1.807) is 7.05 Å². The third-order valence-electron chi connectivity index (χ3n) is 2.52. The standard InChI is InChI=1S/C12H14ClN3OS3/c1-8-10(13)4-3-5-11(8)19-16-12-15-9(6-18-12)7-20(17)14-2/h3-6,14H,7H2,1-2H3,(H,15,16). The van der Waals surface area contributed by atoms with E-state index in [0.717, 1.165) is 26.3 Å². The molecule has 1 atom stereocenters. The summed E-state index contributed by atoms with van der Waals surface area (Å²) in [5.74, 6) is 0.412. The van der Waals surface area contributed by atoms with Crippen LogP contribution in [0.5, 0.6) is 0 Å². The predicted octanol–water partition coefficient (Wildman–Crippen LogP) is 3.61. The summed E-state index contributed by atoms with van der Waals surface area (Å²) in [7, 11) is 0.597. The van der Waals surface area contributed by atoms with Crippen LogP contribution in [-0.4, -0.2) is 16.2 Å². The molecule has 0 radical (unpaired) electrons. The van der Waals surface area contributed by atoms with Crippen molar-refractivity contribution in [3.63, 3.8) is 0 Å². The Morgan fingerprint density at radius 2 is 2.30 bits per heavy atom. The summed E-state index contributed by atoms with van der Waals surface area (Å²) in [6.45, 7) is 1.98. The lowest BCUT2D eigenvalue weighted by atomic mass is 10.2. The normalized spacial score (nSPS) is 12.3. The zero-order chi connectivity index (χ0) is 14.5. The van der Waals surface area contributed by atoms with E-state index in [0.29, 0.717) is 5.75 Å². The van der Waals surface area contributed by atoms with Crippen molar-refractivity contribution in [2.24, 2.45) is 0 Å². The lowest BCUT2D eigenvalue weighted by molar-refractivity contribution is 0.677. The number of nitrogens with zero attached hydrogens (tertiary/aromatic N) is 1. The van der Waals surface area contributed by atoms with Crippen LogP contribution in [0.4, 0.5) is 5.13 Å². The molecule has 0 saturated heterocycles. The van der Waals surface area contributed by atoms with Crippen LogP contribution in [-0.2, 0) is 16.7 Å². The second-order valence-electron chi connectivity index (χ2n) is 3.91. The number of nitrogens with one attached hydrogen (secondary N) is 2. The Balaban J connectivity index is 1.97. The highest BCUT2D eigenvalue weighted by molar-refractivity contribution is 8.00. The lowest BCUT2D eigenvalue weighted by Crippen LogP contribution is -2.12. The highest BCUT2D eigenvalue weighted by Crippen LogP contribution is 2.29. The van der Waals surface area contributed by atoms with Crippen molar-refractivity contribution < 1.29 is 4.21 Å². The fraction of sp³-hybridized carbons (Fsp3) is 0.250. The monoisotopic (exact) mass is 347 g/mol. The van der Waals surface area contributed by atoms with Gasteiger partial charge in [-0.15, -0.1) is 11.3 Å². The summed E-state index contributed by atoms with van der Waals surface area (Å²) >= 11 is 9.05. The van der Waals surface area contributed by atoms with Crippen molar-refractivity contribution in [3.8, 4) is 0 Å². The Hall–Kier alpha value is -0.600. The van der Waals surface area contributed by atoms with Gasteiger partial charge in [-0.1, -0.05) is 17.7 Å². The Bertz CT molecular complexity index is 618. The Kier molecular flexibility index (Phi) is 5.86. The first-order valence-corrected chi connectivity index (χ1v) is 9.17. The summed E-state index contributed by atoms with van der Waals surface area (Å²) in [5.41, 5.74) is 1.85. The second kappa shape index (κ2) is 7.42. The SMILES string of the molecule is CNS(=O)Cc1csc(NSc2cccc(Cl)c2C)n1. The van der Waals surface area contributed by atoms with Crippen LogP contribution < -0.4 is 9.44 Å². The lowest BCUT2D eigenvalue weighted by Gasteiger charge is -2.06. The number of hydrogen-bond acceptors (Lipinski definition) is 5. The average Bonchev–Trinajstić information content (AvgIpc) is 2.88. The van der Waals surface area contributed by atoms with Crippen LogP contribution >= 0.6 is 34.9 Å². The van der Waals surface area contributed by atoms with Gasteiger partial charge >= 0.3 is 0 Å². The van der Waals surface area contributed by atoms with Crippen molar-refractivity contribution in [1.82, 2.24) is 9.71 Å². The fourth-order valence-corrected chi connectivity index (χ4v) is 3.84. The Morgan fingerprint density at radius 3 is 3.05 bits per heavy atom. The zero-order valence-corrected chi connectivity index (χ0v) is 14.2. The molecule has 20 heavy (non-hydrogen) atoms. The van der Waals surface area contributed by atoms with Gasteiger partial charge in [0.2, 0.25) is 0 Å². The number of benzene rings is 1. The van der Waals surface area contributed by atoms with E-state index in [1.807, 2.05) is 30.5 Å². The third-order valence-corrected chi connectivity index (χ3v) is 5.84. The maximum absolute atomic E-state index is 11.4. The maximum atomic E-state index is 11.4. The van der Waals surface area contributed by atoms with Crippen LogP contribution in [0.3, 0.4) is 0 Å². The molecule has 0 aliphatic rings. The van der Waals surface area contributed by atoms with E-state index in [4.69, 9.17) is 11.6 Å². The molecule has 0 amide bonds. The van der Waals surface area contributed by atoms with Crippen molar-refractivity contribution in [2.45, 2.75) is 17.6 Å². The van der Waals surface area contributed by atoms with Gasteiger partial charge in [0, 0.05) is 15.3 Å². The molecular weight excluding hydrogens is 334 g/mol. The number of rotatable bonds is 6. The smallest absolute Gasteiger partial charge is 0.193 e. The van der Waals surface area contributed by atoms with Crippen LogP contribution in [0, 0.1) is 6.92 Å². The van der Waals surface area contributed by atoms with Crippen molar-refractivity contribution in [1.29, 1.82) is 0 Å². The topological polar surface area (TPSA) is 54.0 Å². The molecule has 0 aliphatic carbocycles. The second-order valence-corrected chi connectivity index (χ2v) is 7.41. The highest BCUT2D eigenvalue weighted by atomic mass is 35.5. The van der Waals surface area contributed by atoms with E-state index in [2.05, 4.69) is 14.4 Å². The first kappa shape index (κ1) is 15.8. The molecule has 1 unspecified atom stereocenters. The molecule has 0 spiro atoms. The van der Waals surface area contributed by atoms with Crippen LogP contribution in [0.2, 0.25) is 5.02 Å². The van der Waals surface area contributed by atoms with Gasteiger partial charge in [-0.25, -0.2) is 13.9 Å². The van der Waals surface area contributed by atoms with Gasteiger partial charge in [0.05, 0.1) is 22.4 Å². The van der Waals surface area contributed by atoms with E-state index < -0.39 is 11.0 Å². The molecule has 0 fully saturated rings. The van der Waals surface area contributed by atoms with Gasteiger partial charge in [0.15, 0.2) is 5.13 Å². The maximum Gasteiger partial charge on any atom is 0.193 e. The minimum atomic E-state index is -1.07. The molecule has 2 rings (SSSR count). The number of thiazole rings is 1. The minimum Gasteiger partial charge on any atom is -0.302 e. The molecule has 1 heterocycles. The first-order valence-electron chi connectivity index (χ1n) is 5.78. The predicted molar refractivity (Wildman–Crippen MR) is 88.7 cm³/mol. The van der Waals surface area contributed by atoms with Crippen molar-refractivity contribution in [2.75, 3.05) is 11.8 Å². The Labute approximate surface area is 134 Å². The summed E-state index contributed by atoms with van der Waals surface area (Å²) in [5, 5.41) is 3.45. The number of halogens is 1. The molecule has 4 nitrogen and oxygen atoms in total. The molecule has 2 aromatic rings. The molecule has 1 aromatic carbocycles. The number of hydrogen-bond donors (Lipinski definition) is 2. The number of anilines is 1. The average molecular weight is 348 g/mol. The third kappa shape index (κ3) is 4.20. The molecule has 2 N–H and O–H groups in total. The van der Waals surface area contributed by atoms with Crippen LogP contribution in [0.1, 0.15) is 11.3 Å². The summed E-state index contributed by atoms with van der Waals surface area (Å²) in [6.07, 6.45) is 0. The largest absolute Gasteiger partial charge is 0.302 e. The van der Waals surface area contributed by atoms with E-state index in [9.17, 15) is 4.21 Å². The summed E-state index contributed by atoms with van der Waals surface area (Å²) in [6, 6.07) is 5.79. The van der Waals surface area contributed by atoms with Gasteiger partial charge in [0.25, 0.3) is 0 Å². The molecule has 0 bridgehead atoms. The molecule has 108 valence electrons. The zero-order valence-electron chi connectivity index (χ0n) is 11.0. The van der Waals surface area contributed by atoms with E-state index >= 15 is 0 Å². The fourth-order valence-electron chi connectivity index (χ4n) is 1.42. The van der Waals surface area contributed by atoms with E-state index in [1.165, 1.54) is 23.3 Å². The summed E-state index contributed by atoms with van der Waals surface area (Å²) in [4.78, 5) is 5.45.